The molecule has 1 saturated heterocycles. The van der Waals surface area contributed by atoms with Crippen molar-refractivity contribution < 1.29 is 13.9 Å². The lowest BCUT2D eigenvalue weighted by Crippen LogP contribution is -2.28. The molecule has 4 heteroatoms. The van der Waals surface area contributed by atoms with E-state index in [2.05, 4.69) is 6.92 Å². The monoisotopic (exact) mass is 373 g/mol. The van der Waals surface area contributed by atoms with E-state index in [0.29, 0.717) is 12.2 Å². The maximum absolute atomic E-state index is 13.9. The molecule has 0 amide bonds. The lowest BCUT2D eigenvalue weighted by Gasteiger charge is -2.33. The number of hydrogen-bond acceptors (Lipinski definition) is 3. The number of ether oxygens (including phenoxy) is 2. The molecule has 27 heavy (non-hydrogen) atoms. The van der Waals surface area contributed by atoms with Gasteiger partial charge in [-0.1, -0.05) is 57.9 Å². The van der Waals surface area contributed by atoms with Gasteiger partial charge in [0.1, 0.15) is 11.9 Å². The molecule has 0 radical (unpaired) electrons. The van der Waals surface area contributed by atoms with Gasteiger partial charge in [-0.15, -0.1) is 0 Å². The number of halogens is 1. The van der Waals surface area contributed by atoms with Gasteiger partial charge in [0.05, 0.1) is 18.3 Å². The van der Waals surface area contributed by atoms with Crippen LogP contribution in [0.4, 0.5) is 4.39 Å². The van der Waals surface area contributed by atoms with Gasteiger partial charge in [0, 0.05) is 5.56 Å². The minimum atomic E-state index is -0.518. The van der Waals surface area contributed by atoms with Crippen LogP contribution >= 0.6 is 0 Å². The maximum atomic E-state index is 13.9. The topological polar surface area (TPSA) is 42.2 Å². The van der Waals surface area contributed by atoms with E-state index in [1.165, 1.54) is 63.5 Å². The summed E-state index contributed by atoms with van der Waals surface area (Å²) in [6, 6.07) is 6.44. The second-order valence-electron chi connectivity index (χ2n) is 8.21. The molecule has 148 valence electrons. The summed E-state index contributed by atoms with van der Waals surface area (Å²) in [6.45, 7) is 2.92. The molecule has 0 unspecified atom stereocenters. The molecule has 3 rings (SSSR count). The SMILES string of the molecule is CCCCC1CCC(CC[C@H]2CCO[C@H](c3ccc(C#N)c(F)c3)O2)CC1. The largest absolute Gasteiger partial charge is 0.348 e. The lowest BCUT2D eigenvalue weighted by molar-refractivity contribution is -0.219. The maximum Gasteiger partial charge on any atom is 0.184 e. The van der Waals surface area contributed by atoms with Crippen molar-refractivity contribution in [1.29, 1.82) is 5.26 Å². The Labute approximate surface area is 162 Å². The number of hydrogen-bond donors (Lipinski definition) is 0. The molecule has 0 bridgehead atoms. The Bertz CT molecular complexity index is 634. The summed E-state index contributed by atoms with van der Waals surface area (Å²) in [7, 11) is 0. The summed E-state index contributed by atoms with van der Waals surface area (Å²) < 4.78 is 25.7. The van der Waals surface area contributed by atoms with Gasteiger partial charge in [0.2, 0.25) is 0 Å². The van der Waals surface area contributed by atoms with E-state index in [1.807, 2.05) is 6.07 Å². The standard InChI is InChI=1S/C23H32FNO2/c1-2-3-4-17-5-7-18(8-6-17)9-12-21-13-14-26-23(27-21)19-10-11-20(16-25)22(24)15-19/h10-11,15,17-18,21,23H,2-9,12-14H2,1H3/t17?,18?,21-,23-/m0/s1. The van der Waals surface area contributed by atoms with Crippen molar-refractivity contribution in [3.05, 3.63) is 35.1 Å². The molecule has 0 aromatic heterocycles. The molecule has 1 aromatic carbocycles. The Hall–Kier alpha value is -1.44. The normalized spacial score (nSPS) is 28.6. The van der Waals surface area contributed by atoms with E-state index >= 15 is 0 Å². The Morgan fingerprint density at radius 2 is 1.81 bits per heavy atom. The van der Waals surface area contributed by atoms with Crippen LogP contribution in [0.15, 0.2) is 18.2 Å². The first kappa shape index (κ1) is 20.3. The van der Waals surface area contributed by atoms with Crippen molar-refractivity contribution in [3.63, 3.8) is 0 Å². The smallest absolute Gasteiger partial charge is 0.184 e. The molecule has 1 heterocycles. The Kier molecular flexibility index (Phi) is 7.67. The van der Waals surface area contributed by atoms with Gasteiger partial charge in [-0.05, 0) is 43.2 Å². The highest BCUT2D eigenvalue weighted by molar-refractivity contribution is 5.33. The number of unbranched alkanes of at least 4 members (excludes halogenated alkanes) is 1. The highest BCUT2D eigenvalue weighted by Crippen LogP contribution is 2.36. The van der Waals surface area contributed by atoms with Crippen LogP contribution in [0.3, 0.4) is 0 Å². The molecule has 0 spiro atoms. The molecule has 3 nitrogen and oxygen atoms in total. The average Bonchev–Trinajstić information content (AvgIpc) is 2.71. The van der Waals surface area contributed by atoms with Crippen molar-refractivity contribution in [1.82, 2.24) is 0 Å². The summed E-state index contributed by atoms with van der Waals surface area (Å²) in [6.07, 6.45) is 12.5. The fraction of sp³-hybridized carbons (Fsp3) is 0.696. The van der Waals surface area contributed by atoms with Crippen molar-refractivity contribution in [2.75, 3.05) is 6.61 Å². The van der Waals surface area contributed by atoms with Gasteiger partial charge in [-0.3, -0.25) is 0 Å². The summed E-state index contributed by atoms with van der Waals surface area (Å²) >= 11 is 0. The summed E-state index contributed by atoms with van der Waals surface area (Å²) in [5.74, 6) is 1.28. The molecule has 1 aliphatic heterocycles. The highest BCUT2D eigenvalue weighted by atomic mass is 19.1. The summed E-state index contributed by atoms with van der Waals surface area (Å²) in [5.41, 5.74) is 0.716. The third-order valence-electron chi connectivity index (χ3n) is 6.24. The fourth-order valence-electron chi connectivity index (χ4n) is 4.47. The molecule has 2 aliphatic rings. The third kappa shape index (κ3) is 5.77. The first-order valence-electron chi connectivity index (χ1n) is 10.7. The third-order valence-corrected chi connectivity index (χ3v) is 6.24. The molecule has 1 aliphatic carbocycles. The predicted octanol–water partition coefficient (Wildman–Crippen LogP) is 6.28. The average molecular weight is 374 g/mol. The van der Waals surface area contributed by atoms with Crippen LogP contribution in [-0.4, -0.2) is 12.7 Å². The van der Waals surface area contributed by atoms with Crippen LogP contribution in [0.25, 0.3) is 0 Å². The fourth-order valence-corrected chi connectivity index (χ4v) is 4.47. The van der Waals surface area contributed by atoms with E-state index in [9.17, 15) is 4.39 Å². The van der Waals surface area contributed by atoms with E-state index < -0.39 is 12.1 Å². The Morgan fingerprint density at radius 3 is 2.48 bits per heavy atom. The van der Waals surface area contributed by atoms with Crippen LogP contribution in [-0.2, 0) is 9.47 Å². The Morgan fingerprint density at radius 1 is 1.07 bits per heavy atom. The number of nitriles is 1. The molecule has 1 saturated carbocycles. The van der Waals surface area contributed by atoms with Crippen LogP contribution in [0.1, 0.15) is 88.5 Å². The van der Waals surface area contributed by atoms with Gasteiger partial charge in [-0.25, -0.2) is 4.39 Å². The van der Waals surface area contributed by atoms with Crippen LogP contribution in [0, 0.1) is 29.0 Å². The van der Waals surface area contributed by atoms with Crippen LogP contribution < -0.4 is 0 Å². The predicted molar refractivity (Wildman–Crippen MR) is 104 cm³/mol. The van der Waals surface area contributed by atoms with Gasteiger partial charge in [0.25, 0.3) is 0 Å². The minimum absolute atomic E-state index is 0.0562. The highest BCUT2D eigenvalue weighted by Gasteiger charge is 2.27. The first-order chi connectivity index (χ1) is 13.2. The van der Waals surface area contributed by atoms with Gasteiger partial charge < -0.3 is 9.47 Å². The van der Waals surface area contributed by atoms with Crippen molar-refractivity contribution in [3.8, 4) is 6.07 Å². The minimum Gasteiger partial charge on any atom is -0.348 e. The van der Waals surface area contributed by atoms with Crippen molar-refractivity contribution in [2.24, 2.45) is 11.8 Å². The number of nitrogens with zero attached hydrogens (tertiary/aromatic N) is 1. The van der Waals surface area contributed by atoms with Crippen LogP contribution in [0.2, 0.25) is 0 Å². The zero-order chi connectivity index (χ0) is 19.1. The summed E-state index contributed by atoms with van der Waals surface area (Å²) in [5, 5.41) is 8.86. The molecule has 2 fully saturated rings. The van der Waals surface area contributed by atoms with Crippen molar-refractivity contribution in [2.45, 2.75) is 83.5 Å². The number of rotatable bonds is 7. The molecule has 1 aromatic rings. The zero-order valence-electron chi connectivity index (χ0n) is 16.5. The Balaban J connectivity index is 1.44. The van der Waals surface area contributed by atoms with Crippen molar-refractivity contribution >= 4 is 0 Å². The second kappa shape index (κ2) is 10.2. The molecule has 0 N–H and O–H groups in total. The molecule has 2 atom stereocenters. The zero-order valence-corrected chi connectivity index (χ0v) is 16.5. The second-order valence-corrected chi connectivity index (χ2v) is 8.21. The van der Waals surface area contributed by atoms with Gasteiger partial charge in [0.15, 0.2) is 6.29 Å². The number of benzene rings is 1. The van der Waals surface area contributed by atoms with Gasteiger partial charge in [-0.2, -0.15) is 5.26 Å². The lowest BCUT2D eigenvalue weighted by atomic mass is 9.78. The van der Waals surface area contributed by atoms with E-state index in [-0.39, 0.29) is 11.7 Å². The molecular weight excluding hydrogens is 341 g/mol. The van der Waals surface area contributed by atoms with E-state index in [0.717, 1.165) is 24.7 Å². The first-order valence-corrected chi connectivity index (χ1v) is 10.7. The van der Waals surface area contributed by atoms with E-state index in [1.54, 1.807) is 6.07 Å². The summed E-state index contributed by atoms with van der Waals surface area (Å²) in [4.78, 5) is 0. The molecular formula is C23H32FNO2. The van der Waals surface area contributed by atoms with Crippen LogP contribution in [0.5, 0.6) is 0 Å². The quantitative estimate of drug-likeness (QED) is 0.565. The van der Waals surface area contributed by atoms with Gasteiger partial charge >= 0.3 is 0 Å². The van der Waals surface area contributed by atoms with E-state index in [4.69, 9.17) is 14.7 Å².